The van der Waals surface area contributed by atoms with Gasteiger partial charge >= 0.3 is 11.9 Å². The van der Waals surface area contributed by atoms with E-state index in [0.717, 1.165) is 61.3 Å². The highest BCUT2D eigenvalue weighted by Gasteiger charge is 2.36. The molecule has 1 amide bonds. The molecule has 0 spiro atoms. The predicted molar refractivity (Wildman–Crippen MR) is 172 cm³/mol. The molecule has 44 heavy (non-hydrogen) atoms. The number of nitrogens with one attached hydrogen (secondary N) is 2. The predicted octanol–water partition coefficient (Wildman–Crippen LogP) is 6.24. The summed E-state index contributed by atoms with van der Waals surface area (Å²) in [5.74, 6) is -3.41. The van der Waals surface area contributed by atoms with Crippen molar-refractivity contribution in [1.82, 2.24) is 5.32 Å². The van der Waals surface area contributed by atoms with Gasteiger partial charge in [0.05, 0.1) is 0 Å². The molecule has 238 valence electrons. The number of unbranched alkanes of at least 4 members (excludes halogenated alkanes) is 5. The van der Waals surface area contributed by atoms with Crippen molar-refractivity contribution in [2.45, 2.75) is 70.5 Å². The Hall–Kier alpha value is -3.66. The van der Waals surface area contributed by atoms with Gasteiger partial charge in [0.1, 0.15) is 6.61 Å². The van der Waals surface area contributed by atoms with Crippen LogP contribution in [0.5, 0.6) is 0 Å². The molecule has 0 saturated carbocycles. The Labute approximate surface area is 263 Å². The second-order valence-electron chi connectivity index (χ2n) is 10.8. The highest BCUT2D eigenvalue weighted by molar-refractivity contribution is 6.31. The number of carbonyl (C=O) groups excluding carboxylic acids is 1. The molecule has 0 saturated heterocycles. The van der Waals surface area contributed by atoms with Crippen molar-refractivity contribution in [1.29, 1.82) is 0 Å². The van der Waals surface area contributed by atoms with Crippen molar-refractivity contribution >= 4 is 45.9 Å². The zero-order valence-electron chi connectivity index (χ0n) is 25.2. The van der Waals surface area contributed by atoms with E-state index in [1.165, 1.54) is 16.3 Å². The Morgan fingerprint density at radius 2 is 1.52 bits per heavy atom. The molecule has 0 aromatic heterocycles. The molecule has 0 radical (unpaired) electrons. The Kier molecular flexibility index (Phi) is 14.9. The number of amides is 1. The average Bonchev–Trinajstić information content (AvgIpc) is 3.00. The lowest BCUT2D eigenvalue weighted by Crippen LogP contribution is -2.49. The topological polar surface area (TPSA) is 134 Å². The molecular weight excluding hydrogens is 584 g/mol. The molecule has 2 unspecified atom stereocenters. The van der Waals surface area contributed by atoms with E-state index in [-0.39, 0.29) is 6.61 Å². The van der Waals surface area contributed by atoms with E-state index in [2.05, 4.69) is 41.0 Å². The highest BCUT2D eigenvalue weighted by Crippen LogP contribution is 2.20. The molecule has 3 aromatic rings. The maximum Gasteiger partial charge on any atom is 0.336 e. The lowest BCUT2D eigenvalue weighted by Gasteiger charge is -2.23. The fourth-order valence-corrected chi connectivity index (χ4v) is 4.99. The van der Waals surface area contributed by atoms with Crippen molar-refractivity contribution in [3.05, 3.63) is 76.8 Å². The number of benzene rings is 3. The summed E-state index contributed by atoms with van der Waals surface area (Å²) >= 11 is 6.16. The molecule has 3 aromatic carbocycles. The van der Waals surface area contributed by atoms with Crippen LogP contribution < -0.4 is 10.6 Å². The van der Waals surface area contributed by atoms with Gasteiger partial charge in [0.25, 0.3) is 5.91 Å². The molecule has 4 N–H and O–H groups in total. The Bertz CT molecular complexity index is 1370. The van der Waals surface area contributed by atoms with Crippen molar-refractivity contribution < 1.29 is 34.1 Å². The van der Waals surface area contributed by atoms with Crippen LogP contribution in [0.25, 0.3) is 10.8 Å². The van der Waals surface area contributed by atoms with Gasteiger partial charge in [-0.25, -0.2) is 9.59 Å². The molecule has 9 nitrogen and oxygen atoms in total. The fourth-order valence-electron chi connectivity index (χ4n) is 4.81. The van der Waals surface area contributed by atoms with Crippen LogP contribution in [0.15, 0.2) is 60.7 Å². The van der Waals surface area contributed by atoms with Crippen LogP contribution in [0.4, 0.5) is 5.69 Å². The zero-order valence-corrected chi connectivity index (χ0v) is 26.0. The number of halogens is 1. The molecule has 3 rings (SSSR count). The summed E-state index contributed by atoms with van der Waals surface area (Å²) in [6.07, 6.45) is 3.51. The highest BCUT2D eigenvalue weighted by atomic mass is 35.5. The summed E-state index contributed by atoms with van der Waals surface area (Å²) in [6, 6.07) is 20.5. The number of hydrogen-bond acceptors (Lipinski definition) is 6. The van der Waals surface area contributed by atoms with Crippen LogP contribution in [0.3, 0.4) is 0 Å². The molecule has 0 aliphatic heterocycles. The number of carbonyl (C=O) groups is 3. The lowest BCUT2D eigenvalue weighted by molar-refractivity contribution is -0.172. The number of carboxylic acids is 2. The van der Waals surface area contributed by atoms with E-state index in [4.69, 9.17) is 26.2 Å². The SMILES string of the molecule is Cc1ccc(NCCCCCCNC(=O)C(OCCCCCc2ccc3ccccc3c2)C(OCC(=O)O)C(=O)O)cc1Cl. The molecule has 0 fully saturated rings. The van der Waals surface area contributed by atoms with Crippen LogP contribution >= 0.6 is 11.6 Å². The van der Waals surface area contributed by atoms with Gasteiger partial charge in [-0.15, -0.1) is 0 Å². The maximum absolute atomic E-state index is 12.9. The largest absolute Gasteiger partial charge is 0.480 e. The lowest BCUT2D eigenvalue weighted by atomic mass is 10.0. The van der Waals surface area contributed by atoms with E-state index in [1.54, 1.807) is 0 Å². The van der Waals surface area contributed by atoms with Crippen LogP contribution in [0, 0.1) is 6.92 Å². The number of ether oxygens (including phenoxy) is 2. The normalized spacial score (nSPS) is 12.5. The molecule has 0 bridgehead atoms. The van der Waals surface area contributed by atoms with Gasteiger partial charge in [0, 0.05) is 30.4 Å². The molecule has 0 heterocycles. The number of aliphatic carboxylic acids is 2. The first kappa shape index (κ1) is 34.8. The Balaban J connectivity index is 1.38. The number of anilines is 1. The average molecular weight is 627 g/mol. The van der Waals surface area contributed by atoms with Crippen molar-refractivity contribution in [3.8, 4) is 0 Å². The van der Waals surface area contributed by atoms with Crippen molar-refractivity contribution in [2.24, 2.45) is 0 Å². The molecule has 0 aliphatic carbocycles. The van der Waals surface area contributed by atoms with Gasteiger partial charge in [-0.3, -0.25) is 4.79 Å². The smallest absolute Gasteiger partial charge is 0.336 e. The van der Waals surface area contributed by atoms with Crippen LogP contribution in [-0.2, 0) is 30.3 Å². The minimum atomic E-state index is -1.73. The van der Waals surface area contributed by atoms with Crippen LogP contribution in [0.2, 0.25) is 5.02 Å². The first-order valence-corrected chi connectivity index (χ1v) is 15.6. The second-order valence-corrected chi connectivity index (χ2v) is 11.3. The van der Waals surface area contributed by atoms with Gasteiger partial charge in [-0.2, -0.15) is 0 Å². The number of carboxylic acid groups (broad SMARTS) is 2. The van der Waals surface area contributed by atoms with Gasteiger partial charge < -0.3 is 30.3 Å². The molecule has 2 atom stereocenters. The van der Waals surface area contributed by atoms with E-state index >= 15 is 0 Å². The standard InChI is InChI=1S/C34H43ClN2O7/c1-24-14-17-28(22-29(24)35)36-18-8-2-3-9-19-37-33(40)31(32(34(41)42)44-23-30(38)39)43-20-10-4-5-11-25-15-16-26-12-6-7-13-27(26)21-25/h6-7,12-17,21-22,31-32,36H,2-5,8-11,18-20,23H2,1H3,(H,37,40)(H,38,39)(H,41,42). The zero-order chi connectivity index (χ0) is 31.7. The number of aryl methyl sites for hydroxylation is 2. The van der Waals surface area contributed by atoms with Crippen LogP contribution in [0.1, 0.15) is 56.1 Å². The molecule has 0 aliphatic rings. The number of fused-ring (bicyclic) bond motifs is 1. The summed E-state index contributed by atoms with van der Waals surface area (Å²) in [5, 5.41) is 27.8. The minimum absolute atomic E-state index is 0.148. The summed E-state index contributed by atoms with van der Waals surface area (Å²) in [7, 11) is 0. The van der Waals surface area contributed by atoms with Gasteiger partial charge in [0.2, 0.25) is 0 Å². The fraction of sp³-hybridized carbons (Fsp3) is 0.441. The summed E-state index contributed by atoms with van der Waals surface area (Å²) in [4.78, 5) is 35.8. The maximum atomic E-state index is 12.9. The van der Waals surface area contributed by atoms with E-state index < -0.39 is 36.7 Å². The second kappa shape index (κ2) is 18.9. The van der Waals surface area contributed by atoms with Crippen molar-refractivity contribution in [2.75, 3.05) is 31.6 Å². The number of rotatable bonds is 21. The first-order valence-electron chi connectivity index (χ1n) is 15.2. The minimum Gasteiger partial charge on any atom is -0.480 e. The van der Waals surface area contributed by atoms with E-state index in [1.807, 2.05) is 37.3 Å². The monoisotopic (exact) mass is 626 g/mol. The number of hydrogen-bond donors (Lipinski definition) is 4. The van der Waals surface area contributed by atoms with Crippen LogP contribution in [-0.4, -0.2) is 66.6 Å². The van der Waals surface area contributed by atoms with E-state index in [9.17, 15) is 19.5 Å². The van der Waals surface area contributed by atoms with Gasteiger partial charge in [-0.1, -0.05) is 79.4 Å². The summed E-state index contributed by atoms with van der Waals surface area (Å²) in [6.45, 7) is 2.40. The third kappa shape index (κ3) is 12.1. The third-order valence-electron chi connectivity index (χ3n) is 7.29. The summed E-state index contributed by atoms with van der Waals surface area (Å²) < 4.78 is 10.8. The van der Waals surface area contributed by atoms with E-state index in [0.29, 0.717) is 19.4 Å². The first-order chi connectivity index (χ1) is 21.2. The Morgan fingerprint density at radius 1 is 0.795 bits per heavy atom. The molecule has 10 heteroatoms. The summed E-state index contributed by atoms with van der Waals surface area (Å²) in [5.41, 5.74) is 3.24. The Morgan fingerprint density at radius 3 is 2.25 bits per heavy atom. The quantitative estimate of drug-likeness (QED) is 0.102. The van der Waals surface area contributed by atoms with Gasteiger partial charge in [-0.05, 0) is 73.1 Å². The van der Waals surface area contributed by atoms with Crippen molar-refractivity contribution in [3.63, 3.8) is 0 Å². The molecular formula is C34H43ClN2O7. The third-order valence-corrected chi connectivity index (χ3v) is 7.70. The van der Waals surface area contributed by atoms with Gasteiger partial charge in [0.15, 0.2) is 12.2 Å².